The van der Waals surface area contributed by atoms with Gasteiger partial charge in [0.2, 0.25) is 5.91 Å². The van der Waals surface area contributed by atoms with Crippen molar-refractivity contribution in [3.8, 4) is 0 Å². The van der Waals surface area contributed by atoms with E-state index in [1.807, 2.05) is 4.90 Å². The molecule has 3 nitrogen and oxygen atoms in total. The van der Waals surface area contributed by atoms with Crippen molar-refractivity contribution in [2.45, 2.75) is 46.1 Å². The number of rotatable bonds is 6. The van der Waals surface area contributed by atoms with E-state index in [0.717, 1.165) is 55.6 Å². The van der Waals surface area contributed by atoms with Gasteiger partial charge >= 0.3 is 0 Å². The molecule has 0 bridgehead atoms. The Kier molecular flexibility index (Phi) is 6.26. The van der Waals surface area contributed by atoms with E-state index in [0.29, 0.717) is 5.91 Å². The molecule has 1 aliphatic rings. The van der Waals surface area contributed by atoms with Gasteiger partial charge in [-0.05, 0) is 60.8 Å². The molecule has 0 spiro atoms. The van der Waals surface area contributed by atoms with Crippen molar-refractivity contribution in [3.63, 3.8) is 0 Å². The molecule has 21 heavy (non-hydrogen) atoms. The summed E-state index contributed by atoms with van der Waals surface area (Å²) in [5.41, 5.74) is -0.183. The second-order valence-corrected chi connectivity index (χ2v) is 8.38. The van der Waals surface area contributed by atoms with Crippen LogP contribution in [-0.4, -0.2) is 30.4 Å². The summed E-state index contributed by atoms with van der Waals surface area (Å²) in [5, 5.41) is 3.44. The summed E-state index contributed by atoms with van der Waals surface area (Å²) in [7, 11) is 0. The minimum absolute atomic E-state index is 0.183. The first-order chi connectivity index (χ1) is 10.1. The Balaban J connectivity index is 2.12. The highest BCUT2D eigenvalue weighted by molar-refractivity contribution is 9.11. The minimum atomic E-state index is -0.183. The standard InChI is InChI=1S/C16H25BrN2OS/c1-3-8-16(9-5-10-18-12-16)15(20)19(4-2)11-13-6-7-14(17)21-13/h6-7,18H,3-5,8-12H2,1-2H3. The van der Waals surface area contributed by atoms with Crippen LogP contribution in [0.1, 0.15) is 44.4 Å². The van der Waals surface area contributed by atoms with Crippen LogP contribution in [0.4, 0.5) is 0 Å². The topological polar surface area (TPSA) is 32.3 Å². The maximum Gasteiger partial charge on any atom is 0.230 e. The summed E-state index contributed by atoms with van der Waals surface area (Å²) in [4.78, 5) is 16.4. The van der Waals surface area contributed by atoms with Crippen LogP contribution in [0.2, 0.25) is 0 Å². The maximum absolute atomic E-state index is 13.1. The van der Waals surface area contributed by atoms with E-state index >= 15 is 0 Å². The number of amides is 1. The first-order valence-corrected chi connectivity index (χ1v) is 9.46. The number of nitrogens with zero attached hydrogens (tertiary/aromatic N) is 1. The Morgan fingerprint density at radius 1 is 1.48 bits per heavy atom. The van der Waals surface area contributed by atoms with Crippen LogP contribution in [0.15, 0.2) is 15.9 Å². The van der Waals surface area contributed by atoms with Crippen LogP contribution in [0.5, 0.6) is 0 Å². The smallest absolute Gasteiger partial charge is 0.230 e. The number of carbonyl (C=O) groups excluding carboxylic acids is 1. The number of piperidine rings is 1. The van der Waals surface area contributed by atoms with E-state index in [4.69, 9.17) is 0 Å². The van der Waals surface area contributed by atoms with Gasteiger partial charge in [-0.2, -0.15) is 0 Å². The molecule has 1 atom stereocenters. The zero-order valence-corrected chi connectivity index (χ0v) is 15.4. The maximum atomic E-state index is 13.1. The van der Waals surface area contributed by atoms with Crippen molar-refractivity contribution in [2.24, 2.45) is 5.41 Å². The van der Waals surface area contributed by atoms with Crippen molar-refractivity contribution in [2.75, 3.05) is 19.6 Å². The summed E-state index contributed by atoms with van der Waals surface area (Å²) in [6.07, 6.45) is 4.18. The molecule has 0 aromatic carbocycles. The van der Waals surface area contributed by atoms with Gasteiger partial charge in [-0.25, -0.2) is 0 Å². The number of hydrogen-bond donors (Lipinski definition) is 1. The molecule has 1 aromatic rings. The second-order valence-electron chi connectivity index (χ2n) is 5.84. The van der Waals surface area contributed by atoms with Gasteiger partial charge in [-0.3, -0.25) is 4.79 Å². The molecule has 1 saturated heterocycles. The molecular formula is C16H25BrN2OS. The first-order valence-electron chi connectivity index (χ1n) is 7.85. The van der Waals surface area contributed by atoms with Gasteiger partial charge in [0.05, 0.1) is 15.7 Å². The van der Waals surface area contributed by atoms with E-state index in [1.165, 1.54) is 4.88 Å². The van der Waals surface area contributed by atoms with Gasteiger partial charge in [0.1, 0.15) is 0 Å². The van der Waals surface area contributed by atoms with Gasteiger partial charge in [-0.1, -0.05) is 13.3 Å². The van der Waals surface area contributed by atoms with Crippen LogP contribution < -0.4 is 5.32 Å². The molecule has 1 amide bonds. The molecule has 1 unspecified atom stereocenters. The summed E-state index contributed by atoms with van der Waals surface area (Å²) in [5.74, 6) is 0.337. The summed E-state index contributed by atoms with van der Waals surface area (Å²) in [6, 6.07) is 4.17. The Bertz CT molecular complexity index is 463. The van der Waals surface area contributed by atoms with E-state index in [-0.39, 0.29) is 5.41 Å². The largest absolute Gasteiger partial charge is 0.337 e. The zero-order valence-electron chi connectivity index (χ0n) is 13.0. The summed E-state index contributed by atoms with van der Waals surface area (Å²) in [6.45, 7) is 7.65. The quantitative estimate of drug-likeness (QED) is 0.817. The lowest BCUT2D eigenvalue weighted by Gasteiger charge is -2.40. The number of hydrogen-bond acceptors (Lipinski definition) is 3. The van der Waals surface area contributed by atoms with E-state index in [9.17, 15) is 4.79 Å². The lowest BCUT2D eigenvalue weighted by molar-refractivity contribution is -0.144. The molecule has 0 aliphatic carbocycles. The van der Waals surface area contributed by atoms with Gasteiger partial charge < -0.3 is 10.2 Å². The SMILES string of the molecule is CCCC1(C(=O)N(CC)Cc2ccc(Br)s2)CCCNC1. The van der Waals surface area contributed by atoms with Crippen LogP contribution in [0.3, 0.4) is 0 Å². The van der Waals surface area contributed by atoms with Crippen molar-refractivity contribution in [1.29, 1.82) is 0 Å². The van der Waals surface area contributed by atoms with Gasteiger partial charge in [0.25, 0.3) is 0 Å². The van der Waals surface area contributed by atoms with Gasteiger partial charge in [0, 0.05) is 18.0 Å². The Morgan fingerprint density at radius 2 is 2.29 bits per heavy atom. The van der Waals surface area contributed by atoms with Crippen molar-refractivity contribution in [1.82, 2.24) is 10.2 Å². The molecule has 1 aromatic heterocycles. The van der Waals surface area contributed by atoms with Gasteiger partial charge in [-0.15, -0.1) is 11.3 Å². The normalized spacial score (nSPS) is 22.2. The van der Waals surface area contributed by atoms with Gasteiger partial charge in [0.15, 0.2) is 0 Å². The lowest BCUT2D eigenvalue weighted by atomic mass is 9.75. The summed E-state index contributed by atoms with van der Waals surface area (Å²) >= 11 is 5.21. The predicted octanol–water partition coefficient (Wildman–Crippen LogP) is 4.03. The van der Waals surface area contributed by atoms with Crippen LogP contribution >= 0.6 is 27.3 Å². The number of carbonyl (C=O) groups is 1. The first kappa shape index (κ1) is 17.0. The van der Waals surface area contributed by atoms with E-state index < -0.39 is 0 Å². The third-order valence-electron chi connectivity index (χ3n) is 4.30. The predicted molar refractivity (Wildman–Crippen MR) is 92.6 cm³/mol. The van der Waals surface area contributed by atoms with E-state index in [1.54, 1.807) is 11.3 Å². The fourth-order valence-electron chi connectivity index (χ4n) is 3.24. The average molecular weight is 373 g/mol. The second kappa shape index (κ2) is 7.75. The molecule has 0 saturated carbocycles. The third-order valence-corrected chi connectivity index (χ3v) is 5.91. The summed E-state index contributed by atoms with van der Waals surface area (Å²) < 4.78 is 1.13. The van der Waals surface area contributed by atoms with Crippen molar-refractivity contribution < 1.29 is 4.79 Å². The highest BCUT2D eigenvalue weighted by Crippen LogP contribution is 2.34. The number of halogens is 1. The number of nitrogens with one attached hydrogen (secondary N) is 1. The minimum Gasteiger partial charge on any atom is -0.337 e. The fourth-order valence-corrected chi connectivity index (χ4v) is 4.74. The molecule has 118 valence electrons. The monoisotopic (exact) mass is 372 g/mol. The molecule has 2 heterocycles. The Hall–Kier alpha value is -0.390. The molecule has 1 N–H and O–H groups in total. The Morgan fingerprint density at radius 3 is 2.81 bits per heavy atom. The molecule has 5 heteroatoms. The lowest BCUT2D eigenvalue weighted by Crippen LogP contribution is -2.51. The molecular weight excluding hydrogens is 348 g/mol. The number of thiophene rings is 1. The molecule has 1 fully saturated rings. The molecule has 1 aliphatic heterocycles. The van der Waals surface area contributed by atoms with Crippen molar-refractivity contribution in [3.05, 3.63) is 20.8 Å². The van der Waals surface area contributed by atoms with Crippen molar-refractivity contribution >= 4 is 33.2 Å². The molecule has 0 radical (unpaired) electrons. The highest BCUT2D eigenvalue weighted by atomic mass is 79.9. The fraction of sp³-hybridized carbons (Fsp3) is 0.688. The Labute approximate surface area is 140 Å². The van der Waals surface area contributed by atoms with E-state index in [2.05, 4.69) is 47.2 Å². The van der Waals surface area contributed by atoms with Crippen LogP contribution in [0.25, 0.3) is 0 Å². The highest BCUT2D eigenvalue weighted by Gasteiger charge is 2.40. The molecule has 2 rings (SSSR count). The third kappa shape index (κ3) is 4.08. The van der Waals surface area contributed by atoms with Crippen LogP contribution in [0, 0.1) is 5.41 Å². The zero-order chi connectivity index (χ0) is 15.3. The van der Waals surface area contributed by atoms with Crippen LogP contribution in [-0.2, 0) is 11.3 Å². The average Bonchev–Trinajstić information content (AvgIpc) is 2.90.